The molecule has 0 aliphatic carbocycles. The Kier molecular flexibility index (Phi) is 4.31. The average Bonchev–Trinajstić information content (AvgIpc) is 2.70. The maximum atomic E-state index is 11.0. The Morgan fingerprint density at radius 1 is 1.58 bits per heavy atom. The fourth-order valence-corrected chi connectivity index (χ4v) is 2.59. The molecular formula is C12H11ClIN3O2. The van der Waals surface area contributed by atoms with Crippen molar-refractivity contribution in [1.82, 2.24) is 9.78 Å². The molecule has 5 nitrogen and oxygen atoms in total. The van der Waals surface area contributed by atoms with E-state index in [4.69, 9.17) is 16.7 Å². The van der Waals surface area contributed by atoms with Crippen LogP contribution < -0.4 is 5.32 Å². The summed E-state index contributed by atoms with van der Waals surface area (Å²) in [6, 6.07) is 5.63. The smallest absolute Gasteiger partial charge is 0.339 e. The highest BCUT2D eigenvalue weighted by Gasteiger charge is 2.14. The maximum Gasteiger partial charge on any atom is 0.339 e. The minimum absolute atomic E-state index is 0.191. The van der Waals surface area contributed by atoms with E-state index in [1.165, 1.54) is 10.9 Å². The Bertz CT molecular complexity index is 627. The number of halogens is 2. The molecule has 0 aliphatic heterocycles. The van der Waals surface area contributed by atoms with Gasteiger partial charge in [0.2, 0.25) is 0 Å². The van der Waals surface area contributed by atoms with E-state index < -0.39 is 5.97 Å². The minimum Gasteiger partial charge on any atom is -0.478 e. The van der Waals surface area contributed by atoms with E-state index in [0.717, 1.165) is 9.26 Å². The van der Waals surface area contributed by atoms with Gasteiger partial charge < -0.3 is 10.4 Å². The molecular weight excluding hydrogens is 381 g/mol. The lowest BCUT2D eigenvalue weighted by atomic mass is 10.2. The Labute approximate surface area is 128 Å². The molecule has 7 heteroatoms. The Morgan fingerprint density at radius 3 is 2.95 bits per heavy atom. The molecule has 100 valence electrons. The first-order valence-corrected chi connectivity index (χ1v) is 6.88. The van der Waals surface area contributed by atoms with Crippen molar-refractivity contribution in [3.8, 4) is 0 Å². The zero-order valence-electron chi connectivity index (χ0n) is 10.0. The van der Waals surface area contributed by atoms with Crippen molar-refractivity contribution in [3.63, 3.8) is 0 Å². The number of hydrogen-bond donors (Lipinski definition) is 2. The van der Waals surface area contributed by atoms with Crippen LogP contribution in [0.5, 0.6) is 0 Å². The van der Waals surface area contributed by atoms with E-state index >= 15 is 0 Å². The lowest BCUT2D eigenvalue weighted by Gasteiger charge is -2.09. The number of carboxylic acids is 1. The number of carbonyl (C=O) groups is 1. The second-order valence-corrected chi connectivity index (χ2v) is 5.56. The third-order valence-corrected chi connectivity index (χ3v) is 3.65. The molecule has 0 bridgehead atoms. The van der Waals surface area contributed by atoms with Crippen molar-refractivity contribution in [2.75, 3.05) is 5.32 Å². The number of nitrogens with zero attached hydrogens (tertiary/aromatic N) is 2. The molecule has 1 aromatic carbocycles. The standard InChI is InChI=1S/C12H11ClIN3O2/c1-17-11(8(5-16-17)12(18)19)6-15-10-3-2-7(14)4-9(10)13/h2-5,15H,6H2,1H3,(H,18,19). The molecule has 0 amide bonds. The van der Waals surface area contributed by atoms with Crippen molar-refractivity contribution < 1.29 is 9.90 Å². The molecule has 2 N–H and O–H groups in total. The van der Waals surface area contributed by atoms with Gasteiger partial charge in [0, 0.05) is 10.6 Å². The summed E-state index contributed by atoms with van der Waals surface area (Å²) in [5, 5.41) is 16.7. The summed E-state index contributed by atoms with van der Waals surface area (Å²) in [5.74, 6) is -0.987. The third kappa shape index (κ3) is 3.19. The SMILES string of the molecule is Cn1ncc(C(=O)O)c1CNc1ccc(I)cc1Cl. The Hall–Kier alpha value is -1.28. The molecule has 0 saturated heterocycles. The summed E-state index contributed by atoms with van der Waals surface area (Å²) >= 11 is 8.28. The summed E-state index contributed by atoms with van der Waals surface area (Å²) < 4.78 is 2.58. The maximum absolute atomic E-state index is 11.0. The van der Waals surface area contributed by atoms with Gasteiger partial charge >= 0.3 is 5.97 Å². The van der Waals surface area contributed by atoms with Crippen LogP contribution in [-0.2, 0) is 13.6 Å². The molecule has 19 heavy (non-hydrogen) atoms. The van der Waals surface area contributed by atoms with Crippen molar-refractivity contribution >= 4 is 45.8 Å². The summed E-state index contributed by atoms with van der Waals surface area (Å²) in [6.07, 6.45) is 1.34. The van der Waals surface area contributed by atoms with E-state index in [1.54, 1.807) is 7.05 Å². The van der Waals surface area contributed by atoms with Gasteiger partial charge in [0.1, 0.15) is 5.56 Å². The number of aromatic nitrogens is 2. The second kappa shape index (κ2) is 5.79. The van der Waals surface area contributed by atoms with E-state index in [0.29, 0.717) is 17.3 Å². The van der Waals surface area contributed by atoms with Crippen LogP contribution in [0.15, 0.2) is 24.4 Å². The predicted octanol–water partition coefficient (Wildman–Crippen LogP) is 2.99. The highest BCUT2D eigenvalue weighted by Crippen LogP contribution is 2.24. The number of carboxylic acid groups (broad SMARTS) is 1. The lowest BCUT2D eigenvalue weighted by Crippen LogP contribution is -2.10. The van der Waals surface area contributed by atoms with E-state index in [9.17, 15) is 4.79 Å². The fraction of sp³-hybridized carbons (Fsp3) is 0.167. The highest BCUT2D eigenvalue weighted by molar-refractivity contribution is 14.1. The molecule has 1 aromatic heterocycles. The Morgan fingerprint density at radius 2 is 2.32 bits per heavy atom. The van der Waals surface area contributed by atoms with Crippen molar-refractivity contribution in [2.45, 2.75) is 6.54 Å². The quantitative estimate of drug-likeness (QED) is 0.787. The van der Waals surface area contributed by atoms with Gasteiger partial charge in [-0.3, -0.25) is 4.68 Å². The van der Waals surface area contributed by atoms with E-state index in [2.05, 4.69) is 33.0 Å². The number of rotatable bonds is 4. The van der Waals surface area contributed by atoms with Crippen molar-refractivity contribution in [3.05, 3.63) is 44.2 Å². The number of hydrogen-bond acceptors (Lipinski definition) is 3. The zero-order chi connectivity index (χ0) is 14.0. The molecule has 0 radical (unpaired) electrons. The minimum atomic E-state index is -0.987. The van der Waals surface area contributed by atoms with Gasteiger partial charge in [0.05, 0.1) is 29.1 Å². The molecule has 2 rings (SSSR count). The average molecular weight is 392 g/mol. The lowest BCUT2D eigenvalue weighted by molar-refractivity contribution is 0.0695. The third-order valence-electron chi connectivity index (χ3n) is 2.67. The van der Waals surface area contributed by atoms with Crippen LogP contribution in [0.3, 0.4) is 0 Å². The molecule has 0 unspecified atom stereocenters. The van der Waals surface area contributed by atoms with Crippen molar-refractivity contribution in [2.24, 2.45) is 7.05 Å². The topological polar surface area (TPSA) is 67.2 Å². The molecule has 0 spiro atoms. The van der Waals surface area contributed by atoms with Gasteiger partial charge in [-0.25, -0.2) is 4.79 Å². The second-order valence-electron chi connectivity index (χ2n) is 3.91. The first-order valence-electron chi connectivity index (χ1n) is 5.42. The Balaban J connectivity index is 2.19. The summed E-state index contributed by atoms with van der Waals surface area (Å²) in [7, 11) is 1.71. The first kappa shape index (κ1) is 14.1. The van der Waals surface area contributed by atoms with E-state index in [1.807, 2.05) is 18.2 Å². The molecule has 0 saturated carbocycles. The molecule has 0 atom stereocenters. The van der Waals surface area contributed by atoms with Gasteiger partial charge in [-0.15, -0.1) is 0 Å². The van der Waals surface area contributed by atoms with Gasteiger partial charge in [-0.05, 0) is 40.8 Å². The first-order chi connectivity index (χ1) is 8.99. The summed E-state index contributed by atoms with van der Waals surface area (Å²) in [5.41, 5.74) is 1.55. The van der Waals surface area contributed by atoms with E-state index in [-0.39, 0.29) is 5.56 Å². The normalized spacial score (nSPS) is 10.5. The zero-order valence-corrected chi connectivity index (χ0v) is 12.9. The van der Waals surface area contributed by atoms with Gasteiger partial charge in [-0.1, -0.05) is 11.6 Å². The number of benzene rings is 1. The molecule has 2 aromatic rings. The highest BCUT2D eigenvalue weighted by atomic mass is 127. The summed E-state index contributed by atoms with van der Waals surface area (Å²) in [4.78, 5) is 11.0. The summed E-state index contributed by atoms with van der Waals surface area (Å²) in [6.45, 7) is 0.346. The van der Waals surface area contributed by atoms with Crippen LogP contribution in [0, 0.1) is 3.57 Å². The molecule has 1 heterocycles. The number of anilines is 1. The van der Waals surface area contributed by atoms with Crippen LogP contribution >= 0.6 is 34.2 Å². The largest absolute Gasteiger partial charge is 0.478 e. The van der Waals surface area contributed by atoms with Gasteiger partial charge in [0.15, 0.2) is 0 Å². The van der Waals surface area contributed by atoms with Crippen LogP contribution in [0.25, 0.3) is 0 Å². The molecule has 0 fully saturated rings. The number of aryl methyl sites for hydroxylation is 1. The van der Waals surface area contributed by atoms with Crippen molar-refractivity contribution in [1.29, 1.82) is 0 Å². The molecule has 0 aliphatic rings. The monoisotopic (exact) mass is 391 g/mol. The number of nitrogens with one attached hydrogen (secondary N) is 1. The van der Waals surface area contributed by atoms with Crippen LogP contribution in [0.1, 0.15) is 16.1 Å². The number of aromatic carboxylic acids is 1. The van der Waals surface area contributed by atoms with Crippen LogP contribution in [0.4, 0.5) is 5.69 Å². The van der Waals surface area contributed by atoms with Gasteiger partial charge in [0.25, 0.3) is 0 Å². The van der Waals surface area contributed by atoms with Gasteiger partial charge in [-0.2, -0.15) is 5.10 Å². The fourth-order valence-electron chi connectivity index (χ4n) is 1.66. The predicted molar refractivity (Wildman–Crippen MR) is 81.7 cm³/mol. The van der Waals surface area contributed by atoms with Crippen LogP contribution in [0.2, 0.25) is 5.02 Å². The van der Waals surface area contributed by atoms with Crippen LogP contribution in [-0.4, -0.2) is 20.9 Å².